The maximum absolute atomic E-state index is 12.7. The topological polar surface area (TPSA) is 52.9 Å². The number of nitrogens with zero attached hydrogens (tertiary/aromatic N) is 2. The van der Waals surface area contributed by atoms with Gasteiger partial charge < -0.3 is 5.73 Å². The van der Waals surface area contributed by atoms with Gasteiger partial charge in [-0.1, -0.05) is 45.9 Å². The van der Waals surface area contributed by atoms with Gasteiger partial charge in [-0.15, -0.1) is 0 Å². The van der Waals surface area contributed by atoms with Crippen molar-refractivity contribution in [3.05, 3.63) is 45.9 Å². The first kappa shape index (κ1) is 15.4. The molecule has 0 atom stereocenters. The Labute approximate surface area is 126 Å². The highest BCUT2D eigenvalue weighted by atomic mass is 16.1. The van der Waals surface area contributed by atoms with Gasteiger partial charge in [-0.25, -0.2) is 4.68 Å². The van der Waals surface area contributed by atoms with Crippen LogP contribution < -0.4 is 11.3 Å². The van der Waals surface area contributed by atoms with Gasteiger partial charge in [-0.3, -0.25) is 9.48 Å². The molecule has 0 fully saturated rings. The van der Waals surface area contributed by atoms with Crippen LogP contribution in [-0.2, 0) is 12.0 Å². The van der Waals surface area contributed by atoms with E-state index >= 15 is 0 Å². The number of nitrogens with two attached hydrogens (primary N) is 1. The van der Waals surface area contributed by atoms with E-state index in [9.17, 15) is 4.79 Å². The predicted octanol–water partition coefficient (Wildman–Crippen LogP) is 3.24. The van der Waals surface area contributed by atoms with Gasteiger partial charge in [0.25, 0.3) is 5.56 Å². The molecule has 1 aromatic heterocycles. The fraction of sp³-hybridized carbons (Fsp3) is 0.471. The van der Waals surface area contributed by atoms with E-state index in [0.29, 0.717) is 5.69 Å². The van der Waals surface area contributed by atoms with E-state index in [1.54, 1.807) is 4.68 Å². The third kappa shape index (κ3) is 2.62. The number of hydrogen-bond acceptors (Lipinski definition) is 2. The summed E-state index contributed by atoms with van der Waals surface area (Å²) in [5, 5.41) is 0. The first-order valence-electron chi connectivity index (χ1n) is 7.46. The molecule has 1 heterocycles. The molecule has 2 N–H and O–H groups in total. The van der Waals surface area contributed by atoms with Crippen molar-refractivity contribution in [2.75, 3.05) is 5.73 Å². The lowest BCUT2D eigenvalue weighted by Crippen LogP contribution is -2.25. The average Bonchev–Trinajstić information content (AvgIpc) is 2.63. The van der Waals surface area contributed by atoms with Gasteiger partial charge in [0.05, 0.1) is 11.4 Å². The van der Waals surface area contributed by atoms with Crippen molar-refractivity contribution < 1.29 is 0 Å². The molecule has 0 radical (unpaired) electrons. The molecule has 0 bridgehead atoms. The van der Waals surface area contributed by atoms with E-state index in [-0.39, 0.29) is 11.0 Å². The molecular weight excluding hydrogens is 262 g/mol. The van der Waals surface area contributed by atoms with Crippen LogP contribution in [-0.4, -0.2) is 9.36 Å². The van der Waals surface area contributed by atoms with Crippen LogP contribution >= 0.6 is 0 Å². The second kappa shape index (κ2) is 5.43. The van der Waals surface area contributed by atoms with Crippen molar-refractivity contribution in [1.82, 2.24) is 9.36 Å². The van der Waals surface area contributed by atoms with Crippen LogP contribution in [0.1, 0.15) is 45.4 Å². The van der Waals surface area contributed by atoms with E-state index in [4.69, 9.17) is 5.73 Å². The zero-order chi connectivity index (χ0) is 15.8. The molecule has 21 heavy (non-hydrogen) atoms. The van der Waals surface area contributed by atoms with Crippen LogP contribution in [0.4, 0.5) is 5.69 Å². The van der Waals surface area contributed by atoms with E-state index in [0.717, 1.165) is 29.9 Å². The van der Waals surface area contributed by atoms with Crippen LogP contribution in [0.25, 0.3) is 5.69 Å². The summed E-state index contributed by atoms with van der Waals surface area (Å²) in [6, 6.07) is 7.91. The summed E-state index contributed by atoms with van der Waals surface area (Å²) in [5.41, 5.74) is 9.10. The first-order chi connectivity index (χ1) is 9.79. The molecular formula is C17H25N3O. The molecule has 2 aromatic rings. The van der Waals surface area contributed by atoms with Gasteiger partial charge in [0, 0.05) is 12.0 Å². The van der Waals surface area contributed by atoms with E-state index in [1.807, 2.05) is 35.9 Å². The standard InChI is InChI=1S/C17H25N3O/c1-6-11-19-15(17(3,4)5)14(18)16(21)20(19)13-10-8-7-9-12(13)2/h7-10H,6,11,18H2,1-5H3. The molecule has 4 nitrogen and oxygen atoms in total. The summed E-state index contributed by atoms with van der Waals surface area (Å²) >= 11 is 0. The molecule has 2 rings (SSSR count). The fourth-order valence-electron chi connectivity index (χ4n) is 2.82. The molecule has 0 aliphatic carbocycles. The van der Waals surface area contributed by atoms with E-state index in [1.165, 1.54) is 0 Å². The van der Waals surface area contributed by atoms with Crippen molar-refractivity contribution in [3.63, 3.8) is 0 Å². The summed E-state index contributed by atoms with van der Waals surface area (Å²) in [6.45, 7) is 11.2. The second-order valence-electron chi connectivity index (χ2n) is 6.54. The zero-order valence-corrected chi connectivity index (χ0v) is 13.6. The molecule has 1 aromatic carbocycles. The number of nitrogen functional groups attached to an aromatic ring is 1. The molecule has 0 saturated heterocycles. The third-order valence-corrected chi connectivity index (χ3v) is 3.67. The van der Waals surface area contributed by atoms with Crippen LogP contribution in [0.2, 0.25) is 0 Å². The highest BCUT2D eigenvalue weighted by Crippen LogP contribution is 2.28. The zero-order valence-electron chi connectivity index (χ0n) is 13.6. The highest BCUT2D eigenvalue weighted by Gasteiger charge is 2.27. The quantitative estimate of drug-likeness (QED) is 0.942. The summed E-state index contributed by atoms with van der Waals surface area (Å²) in [4.78, 5) is 12.7. The Morgan fingerprint density at radius 2 is 1.81 bits per heavy atom. The van der Waals surface area contributed by atoms with Gasteiger partial charge in [-0.2, -0.15) is 0 Å². The van der Waals surface area contributed by atoms with Gasteiger partial charge in [0.1, 0.15) is 5.69 Å². The van der Waals surface area contributed by atoms with Gasteiger partial charge >= 0.3 is 0 Å². The van der Waals surface area contributed by atoms with Crippen LogP contribution in [0.3, 0.4) is 0 Å². The normalized spacial score (nSPS) is 11.9. The minimum Gasteiger partial charge on any atom is -0.393 e. The number of aromatic nitrogens is 2. The highest BCUT2D eigenvalue weighted by molar-refractivity contribution is 5.50. The molecule has 0 amide bonds. The number of para-hydroxylation sites is 1. The third-order valence-electron chi connectivity index (χ3n) is 3.67. The molecule has 4 heteroatoms. The maximum atomic E-state index is 12.7. The van der Waals surface area contributed by atoms with Gasteiger partial charge in [0.2, 0.25) is 0 Å². The monoisotopic (exact) mass is 287 g/mol. The predicted molar refractivity (Wildman–Crippen MR) is 88.2 cm³/mol. The van der Waals surface area contributed by atoms with Crippen molar-refractivity contribution in [1.29, 1.82) is 0 Å². The molecule has 0 spiro atoms. The Bertz CT molecular complexity index is 702. The lowest BCUT2D eigenvalue weighted by molar-refractivity contribution is 0.452. The van der Waals surface area contributed by atoms with Crippen LogP contribution in [0.5, 0.6) is 0 Å². The molecule has 0 aliphatic heterocycles. The molecule has 0 unspecified atom stereocenters. The van der Waals surface area contributed by atoms with Crippen molar-refractivity contribution in [2.45, 2.75) is 53.0 Å². The van der Waals surface area contributed by atoms with E-state index in [2.05, 4.69) is 27.7 Å². The Balaban J connectivity index is 2.84. The Morgan fingerprint density at radius 3 is 2.33 bits per heavy atom. The van der Waals surface area contributed by atoms with Crippen molar-refractivity contribution in [3.8, 4) is 5.69 Å². The van der Waals surface area contributed by atoms with Crippen molar-refractivity contribution >= 4 is 5.69 Å². The van der Waals surface area contributed by atoms with Crippen molar-refractivity contribution in [2.24, 2.45) is 0 Å². The second-order valence-corrected chi connectivity index (χ2v) is 6.54. The fourth-order valence-corrected chi connectivity index (χ4v) is 2.82. The molecule has 114 valence electrons. The van der Waals surface area contributed by atoms with Gasteiger partial charge in [0.15, 0.2) is 0 Å². The minimum atomic E-state index is -0.174. The minimum absolute atomic E-state index is 0.123. The largest absolute Gasteiger partial charge is 0.393 e. The summed E-state index contributed by atoms with van der Waals surface area (Å²) < 4.78 is 3.77. The average molecular weight is 287 g/mol. The lowest BCUT2D eigenvalue weighted by Gasteiger charge is -2.23. The van der Waals surface area contributed by atoms with E-state index < -0.39 is 0 Å². The number of benzene rings is 1. The van der Waals surface area contributed by atoms with Crippen LogP contribution in [0.15, 0.2) is 29.1 Å². The Kier molecular flexibility index (Phi) is 3.99. The molecule has 0 saturated carbocycles. The number of anilines is 1. The van der Waals surface area contributed by atoms with Gasteiger partial charge in [-0.05, 0) is 25.0 Å². The summed E-state index contributed by atoms with van der Waals surface area (Å²) in [7, 11) is 0. The summed E-state index contributed by atoms with van der Waals surface area (Å²) in [5.74, 6) is 0. The number of aryl methyl sites for hydroxylation is 1. The summed E-state index contributed by atoms with van der Waals surface area (Å²) in [6.07, 6.45) is 0.947. The molecule has 0 aliphatic rings. The number of hydrogen-bond donors (Lipinski definition) is 1. The maximum Gasteiger partial charge on any atom is 0.294 e. The first-order valence-corrected chi connectivity index (χ1v) is 7.46. The number of rotatable bonds is 3. The van der Waals surface area contributed by atoms with Crippen LogP contribution in [0, 0.1) is 6.92 Å². The lowest BCUT2D eigenvalue weighted by atomic mass is 9.91. The smallest absolute Gasteiger partial charge is 0.294 e. The SMILES string of the molecule is CCCn1c(C(C)(C)C)c(N)c(=O)n1-c1ccccc1C. The Hall–Kier alpha value is -1.97. The Morgan fingerprint density at radius 1 is 1.19 bits per heavy atom.